The van der Waals surface area contributed by atoms with Gasteiger partial charge in [-0.1, -0.05) is 30.3 Å². The van der Waals surface area contributed by atoms with Crippen LogP contribution < -0.4 is 5.32 Å². The molecule has 1 aliphatic heterocycles. The van der Waals surface area contributed by atoms with Gasteiger partial charge in [-0.3, -0.25) is 4.90 Å². The zero-order valence-electron chi connectivity index (χ0n) is 19.2. The molecule has 0 bridgehead atoms. The number of hydrogen-bond donors (Lipinski definition) is 1. The molecule has 172 valence electrons. The monoisotopic (exact) mass is 469 g/mol. The molecule has 0 radical (unpaired) electrons. The van der Waals surface area contributed by atoms with Crippen molar-refractivity contribution < 1.29 is 0 Å². The van der Waals surface area contributed by atoms with E-state index in [2.05, 4.69) is 59.4 Å². The third-order valence-electron chi connectivity index (χ3n) is 5.63. The number of thioether (sulfide) groups is 1. The Bertz CT molecular complexity index is 1240. The van der Waals surface area contributed by atoms with E-state index in [0.29, 0.717) is 23.9 Å². The number of anilines is 2. The molecule has 5 rings (SSSR count). The molecule has 1 aliphatic rings. The Kier molecular flexibility index (Phi) is 7.07. The molecule has 0 atom stereocenters. The summed E-state index contributed by atoms with van der Waals surface area (Å²) in [5.74, 6) is 5.18. The van der Waals surface area contributed by atoms with Crippen LogP contribution in [-0.2, 0) is 13.0 Å². The number of nitrogens with one attached hydrogen (secondary N) is 1. The van der Waals surface area contributed by atoms with E-state index < -0.39 is 0 Å². The molecule has 3 aromatic heterocycles. The van der Waals surface area contributed by atoms with E-state index in [4.69, 9.17) is 0 Å². The van der Waals surface area contributed by atoms with Crippen molar-refractivity contribution in [2.24, 2.45) is 0 Å². The first kappa shape index (κ1) is 22.4. The van der Waals surface area contributed by atoms with Crippen molar-refractivity contribution >= 4 is 23.4 Å². The van der Waals surface area contributed by atoms with Crippen LogP contribution in [0.15, 0.2) is 67.0 Å². The number of aromatic nitrogens is 5. The molecule has 1 saturated heterocycles. The molecule has 1 N–H and O–H groups in total. The first-order valence-electron chi connectivity index (χ1n) is 11.5. The zero-order chi connectivity index (χ0) is 23.2. The van der Waals surface area contributed by atoms with Gasteiger partial charge < -0.3 is 5.32 Å². The summed E-state index contributed by atoms with van der Waals surface area (Å²) >= 11 is 2.04. The van der Waals surface area contributed by atoms with Gasteiger partial charge in [0, 0.05) is 55.6 Å². The molecule has 0 unspecified atom stereocenters. The molecule has 0 aliphatic carbocycles. The molecular formula is C26H27N7S. The van der Waals surface area contributed by atoms with Crippen LogP contribution in [0.2, 0.25) is 0 Å². The Morgan fingerprint density at radius 3 is 2.35 bits per heavy atom. The van der Waals surface area contributed by atoms with Gasteiger partial charge in [0.2, 0.25) is 0 Å². The topological polar surface area (TPSA) is 79.7 Å². The van der Waals surface area contributed by atoms with Crippen LogP contribution in [0.4, 0.5) is 11.6 Å². The molecule has 0 amide bonds. The molecule has 34 heavy (non-hydrogen) atoms. The van der Waals surface area contributed by atoms with Crippen molar-refractivity contribution in [1.29, 1.82) is 0 Å². The number of rotatable bonds is 7. The molecule has 0 saturated carbocycles. The number of aryl methyl sites for hydroxylation is 1. The van der Waals surface area contributed by atoms with Gasteiger partial charge in [-0.2, -0.15) is 11.8 Å². The van der Waals surface area contributed by atoms with E-state index in [1.54, 1.807) is 12.4 Å². The van der Waals surface area contributed by atoms with Crippen LogP contribution in [0.1, 0.15) is 22.6 Å². The second kappa shape index (κ2) is 10.7. The summed E-state index contributed by atoms with van der Waals surface area (Å²) in [6, 6.07) is 18.3. The molecule has 1 aromatic carbocycles. The van der Waals surface area contributed by atoms with Crippen LogP contribution in [0.25, 0.3) is 11.5 Å². The van der Waals surface area contributed by atoms with Gasteiger partial charge in [-0.05, 0) is 42.3 Å². The normalized spacial score (nSPS) is 14.1. The van der Waals surface area contributed by atoms with E-state index >= 15 is 0 Å². The van der Waals surface area contributed by atoms with Crippen molar-refractivity contribution in [3.63, 3.8) is 0 Å². The Morgan fingerprint density at radius 2 is 1.56 bits per heavy atom. The number of nitrogens with zero attached hydrogens (tertiary/aromatic N) is 6. The minimum atomic E-state index is 0.575. The Hall–Kier alpha value is -3.36. The second-order valence-electron chi connectivity index (χ2n) is 8.29. The van der Waals surface area contributed by atoms with Gasteiger partial charge in [-0.15, -0.1) is 0 Å². The quantitative estimate of drug-likeness (QED) is 0.423. The number of benzene rings is 1. The van der Waals surface area contributed by atoms with Crippen molar-refractivity contribution in [1.82, 2.24) is 29.8 Å². The Balaban J connectivity index is 1.24. The lowest BCUT2D eigenvalue weighted by Gasteiger charge is -2.26. The van der Waals surface area contributed by atoms with Crippen molar-refractivity contribution in [3.8, 4) is 11.5 Å². The summed E-state index contributed by atoms with van der Waals surface area (Å²) in [6.07, 6.45) is 4.18. The van der Waals surface area contributed by atoms with Crippen LogP contribution >= 0.6 is 11.8 Å². The molecular weight excluding hydrogens is 442 g/mol. The van der Waals surface area contributed by atoms with Crippen molar-refractivity contribution in [2.75, 3.05) is 29.9 Å². The maximum absolute atomic E-state index is 4.69. The number of hydrogen-bond acceptors (Lipinski definition) is 8. The fraction of sp³-hybridized carbons (Fsp3) is 0.269. The Labute approximate surface area is 204 Å². The second-order valence-corrected chi connectivity index (χ2v) is 9.52. The SMILES string of the molecule is Cc1cccc(-c2nccc(Nc3ccnc(Cc4ccc(CN5CCSCC5)cc4)n3)n2)n1. The highest BCUT2D eigenvalue weighted by atomic mass is 32.2. The molecule has 1 fully saturated rings. The summed E-state index contributed by atoms with van der Waals surface area (Å²) < 4.78 is 0. The maximum Gasteiger partial charge on any atom is 0.180 e. The molecule has 7 nitrogen and oxygen atoms in total. The fourth-order valence-electron chi connectivity index (χ4n) is 3.87. The predicted molar refractivity (Wildman–Crippen MR) is 137 cm³/mol. The molecule has 4 heterocycles. The lowest BCUT2D eigenvalue weighted by molar-refractivity contribution is 0.294. The van der Waals surface area contributed by atoms with E-state index in [9.17, 15) is 0 Å². The summed E-state index contributed by atoms with van der Waals surface area (Å²) in [5.41, 5.74) is 4.23. The largest absolute Gasteiger partial charge is 0.325 e. The lowest BCUT2D eigenvalue weighted by atomic mass is 10.1. The van der Waals surface area contributed by atoms with Crippen molar-refractivity contribution in [2.45, 2.75) is 19.9 Å². The van der Waals surface area contributed by atoms with E-state index in [1.807, 2.05) is 49.0 Å². The van der Waals surface area contributed by atoms with Crippen LogP contribution in [0.3, 0.4) is 0 Å². The highest BCUT2D eigenvalue weighted by molar-refractivity contribution is 7.99. The highest BCUT2D eigenvalue weighted by Gasteiger charge is 2.11. The molecule has 0 spiro atoms. The van der Waals surface area contributed by atoms with Crippen LogP contribution in [-0.4, -0.2) is 54.4 Å². The van der Waals surface area contributed by atoms with E-state index in [1.165, 1.54) is 35.7 Å². The molecule has 4 aromatic rings. The summed E-state index contributed by atoms with van der Waals surface area (Å²) in [4.78, 5) is 25.1. The predicted octanol–water partition coefficient (Wildman–Crippen LogP) is 4.52. The smallest absolute Gasteiger partial charge is 0.180 e. The maximum atomic E-state index is 4.69. The first-order valence-corrected chi connectivity index (χ1v) is 12.6. The van der Waals surface area contributed by atoms with Gasteiger partial charge in [0.1, 0.15) is 23.2 Å². The summed E-state index contributed by atoms with van der Waals surface area (Å²) in [7, 11) is 0. The first-order chi connectivity index (χ1) is 16.7. The van der Waals surface area contributed by atoms with Crippen molar-refractivity contribution in [3.05, 3.63) is 89.6 Å². The van der Waals surface area contributed by atoms with Gasteiger partial charge >= 0.3 is 0 Å². The van der Waals surface area contributed by atoms with E-state index in [0.717, 1.165) is 23.8 Å². The third kappa shape index (κ3) is 5.95. The van der Waals surface area contributed by atoms with Gasteiger partial charge in [0.05, 0.1) is 0 Å². The Morgan fingerprint density at radius 1 is 0.824 bits per heavy atom. The third-order valence-corrected chi connectivity index (χ3v) is 6.57. The average molecular weight is 470 g/mol. The fourth-order valence-corrected chi connectivity index (χ4v) is 4.85. The van der Waals surface area contributed by atoms with Crippen LogP contribution in [0, 0.1) is 6.92 Å². The minimum absolute atomic E-state index is 0.575. The summed E-state index contributed by atoms with van der Waals surface area (Å²) in [6.45, 7) is 5.33. The van der Waals surface area contributed by atoms with Gasteiger partial charge in [0.15, 0.2) is 5.82 Å². The van der Waals surface area contributed by atoms with Gasteiger partial charge in [0.25, 0.3) is 0 Å². The summed E-state index contributed by atoms with van der Waals surface area (Å²) in [5, 5.41) is 3.27. The van der Waals surface area contributed by atoms with Crippen LogP contribution in [0.5, 0.6) is 0 Å². The average Bonchev–Trinajstić information content (AvgIpc) is 2.86. The highest BCUT2D eigenvalue weighted by Crippen LogP contribution is 2.18. The zero-order valence-corrected chi connectivity index (χ0v) is 20.0. The van der Waals surface area contributed by atoms with E-state index in [-0.39, 0.29) is 0 Å². The van der Waals surface area contributed by atoms with Gasteiger partial charge in [-0.25, -0.2) is 24.9 Å². The molecule has 8 heteroatoms. The minimum Gasteiger partial charge on any atom is -0.325 e. The lowest BCUT2D eigenvalue weighted by Crippen LogP contribution is -2.31. The number of pyridine rings is 1. The standard InChI is InChI=1S/C26H27N7S/c1-19-3-2-4-22(29-19)26-28-12-10-24(32-26)30-23-9-11-27-25(31-23)17-20-5-7-21(8-6-20)18-33-13-15-34-16-14-33/h2-12H,13-18H2,1H3,(H,27,28,30,31,32).